The van der Waals surface area contributed by atoms with E-state index in [0.717, 1.165) is 22.0 Å². The lowest BCUT2D eigenvalue weighted by Gasteiger charge is -2.26. The quantitative estimate of drug-likeness (QED) is 0.125. The van der Waals surface area contributed by atoms with E-state index in [4.69, 9.17) is 14.2 Å². The summed E-state index contributed by atoms with van der Waals surface area (Å²) in [6.07, 6.45) is 1.83. The van der Waals surface area contributed by atoms with Crippen LogP contribution in [0.15, 0.2) is 73.4 Å². The average molecular weight is 663 g/mol. The molecule has 2 unspecified atom stereocenters. The highest BCUT2D eigenvalue weighted by molar-refractivity contribution is 5.95. The molecule has 0 fully saturated rings. The van der Waals surface area contributed by atoms with Crippen LogP contribution in [0.5, 0.6) is 0 Å². The van der Waals surface area contributed by atoms with Gasteiger partial charge in [0.2, 0.25) is 11.8 Å². The number of amides is 3. The second-order valence-corrected chi connectivity index (χ2v) is 12.7. The number of nitrogens with zero attached hydrogens (tertiary/aromatic N) is 1. The van der Waals surface area contributed by atoms with Crippen molar-refractivity contribution in [3.8, 4) is 0 Å². The molecular weight excluding hydrogens is 616 g/mol. The molecule has 0 aliphatic heterocycles. The zero-order valence-corrected chi connectivity index (χ0v) is 28.4. The number of alkyl carbamates (subject to hydrolysis) is 1. The molecule has 0 bridgehead atoms. The lowest BCUT2D eigenvalue weighted by molar-refractivity contribution is -0.156. The molecule has 3 atom stereocenters. The first-order chi connectivity index (χ1) is 22.7. The molecule has 0 spiro atoms. The van der Waals surface area contributed by atoms with E-state index >= 15 is 0 Å². The van der Waals surface area contributed by atoms with Crippen LogP contribution in [-0.4, -0.2) is 64.7 Å². The highest BCUT2D eigenvalue weighted by Gasteiger charge is 2.34. The number of carbonyl (C=O) groups excluding carboxylic acids is 5. The Hall–Kier alpha value is -5.13. The number of para-hydroxylation sites is 1. The molecule has 258 valence electrons. The van der Waals surface area contributed by atoms with Crippen LogP contribution in [0.3, 0.4) is 0 Å². The first-order valence-corrected chi connectivity index (χ1v) is 15.8. The average Bonchev–Trinajstić information content (AvgIpc) is 3.34. The number of aromatic nitrogens is 1. The smallest absolute Gasteiger partial charge is 0.408 e. The number of rotatable bonds is 15. The summed E-state index contributed by atoms with van der Waals surface area (Å²) in [6.45, 7) is 12.0. The summed E-state index contributed by atoms with van der Waals surface area (Å²) < 4.78 is 17.8. The topological polar surface area (TPSA) is 154 Å². The number of carbonyl (C=O) groups is 5. The van der Waals surface area contributed by atoms with Crippen molar-refractivity contribution in [2.75, 3.05) is 6.61 Å². The summed E-state index contributed by atoms with van der Waals surface area (Å²) >= 11 is 0. The third-order valence-electron chi connectivity index (χ3n) is 7.21. The molecule has 3 aromatic rings. The lowest BCUT2D eigenvalue weighted by Crippen LogP contribution is -2.57. The first kappa shape index (κ1) is 37.3. The van der Waals surface area contributed by atoms with Crippen LogP contribution in [0.2, 0.25) is 0 Å². The van der Waals surface area contributed by atoms with Crippen molar-refractivity contribution < 1.29 is 38.2 Å². The summed E-state index contributed by atoms with van der Waals surface area (Å²) in [5.41, 5.74) is 1.54. The summed E-state index contributed by atoms with van der Waals surface area (Å²) in [5, 5.41) is 8.75. The van der Waals surface area contributed by atoms with Crippen molar-refractivity contribution in [3.05, 3.63) is 84.6 Å². The van der Waals surface area contributed by atoms with Gasteiger partial charge in [0.05, 0.1) is 6.42 Å². The molecule has 12 nitrogen and oxygen atoms in total. The van der Waals surface area contributed by atoms with Crippen LogP contribution in [0, 0.1) is 5.92 Å². The van der Waals surface area contributed by atoms with E-state index in [1.54, 1.807) is 58.9 Å². The monoisotopic (exact) mass is 662 g/mol. The van der Waals surface area contributed by atoms with E-state index < -0.39 is 60.0 Å². The van der Waals surface area contributed by atoms with E-state index in [1.807, 2.05) is 48.1 Å². The Morgan fingerprint density at radius 2 is 1.52 bits per heavy atom. The number of esters is 2. The largest absolute Gasteiger partial charge is 0.460 e. The molecule has 12 heteroatoms. The van der Waals surface area contributed by atoms with Gasteiger partial charge < -0.3 is 34.7 Å². The maximum absolute atomic E-state index is 13.9. The Morgan fingerprint density at radius 3 is 2.17 bits per heavy atom. The third-order valence-corrected chi connectivity index (χ3v) is 7.21. The maximum atomic E-state index is 13.9. The minimum atomic E-state index is -1.45. The van der Waals surface area contributed by atoms with Crippen LogP contribution in [0.1, 0.15) is 52.2 Å². The fourth-order valence-electron chi connectivity index (χ4n) is 4.94. The van der Waals surface area contributed by atoms with Gasteiger partial charge in [-0.1, -0.05) is 75.0 Å². The van der Waals surface area contributed by atoms with E-state index in [1.165, 1.54) is 6.08 Å². The van der Waals surface area contributed by atoms with Gasteiger partial charge in [-0.15, -0.1) is 0 Å². The van der Waals surface area contributed by atoms with Crippen molar-refractivity contribution >= 4 is 40.7 Å². The Balaban J connectivity index is 1.90. The Labute approximate surface area is 281 Å². The highest BCUT2D eigenvalue weighted by Crippen LogP contribution is 2.22. The summed E-state index contributed by atoms with van der Waals surface area (Å²) in [6, 6.07) is 12.8. The molecule has 1 heterocycles. The molecule has 3 rings (SSSR count). The molecule has 0 aliphatic carbocycles. The molecule has 0 saturated carbocycles. The Kier molecular flexibility index (Phi) is 13.3. The van der Waals surface area contributed by atoms with Crippen LogP contribution >= 0.6 is 0 Å². The van der Waals surface area contributed by atoms with Gasteiger partial charge in [-0.2, -0.15) is 0 Å². The first-order valence-electron chi connectivity index (χ1n) is 15.8. The minimum absolute atomic E-state index is 0.0308. The predicted octanol–water partition coefficient (Wildman–Crippen LogP) is 4.10. The number of fused-ring (bicyclic) bond motifs is 1. The molecule has 3 amide bonds. The molecular formula is C36H46N4O8. The van der Waals surface area contributed by atoms with E-state index in [9.17, 15) is 24.0 Å². The molecule has 0 radical (unpaired) electrons. The summed E-state index contributed by atoms with van der Waals surface area (Å²) in [5.74, 6) is -3.23. The van der Waals surface area contributed by atoms with Gasteiger partial charge in [0.25, 0.3) is 0 Å². The third kappa shape index (κ3) is 11.3. The molecule has 2 aromatic carbocycles. The van der Waals surface area contributed by atoms with Gasteiger partial charge in [0, 0.05) is 30.6 Å². The predicted molar refractivity (Wildman–Crippen MR) is 180 cm³/mol. The molecule has 3 N–H and O–H groups in total. The van der Waals surface area contributed by atoms with Gasteiger partial charge >= 0.3 is 18.0 Å². The van der Waals surface area contributed by atoms with Crippen LogP contribution in [0.25, 0.3) is 10.9 Å². The molecule has 0 aliphatic rings. The molecule has 1 aromatic heterocycles. The number of ether oxygens (including phenoxy) is 3. The second-order valence-electron chi connectivity index (χ2n) is 12.7. The van der Waals surface area contributed by atoms with Crippen LogP contribution in [-0.2, 0) is 53.5 Å². The summed E-state index contributed by atoms with van der Waals surface area (Å²) in [4.78, 5) is 66.2. The standard InChI is InChI=1S/C36H46N4O8/c1-8-18-46-34(44)31(23(2)3)39-33(43)27(19-25-21-40(7)29-17-13-12-16-26(25)29)37-32(42)28(20-30(41)48-36(4,5)6)38-35(45)47-22-24-14-10-9-11-15-24/h8-17,21,23,27-28,31H,1,18-20,22H2,2-7H3,(H,37,42)(H,38,45)(H,39,43)/t27?,28?,31-/m0/s1. The van der Waals surface area contributed by atoms with E-state index in [-0.39, 0.29) is 25.6 Å². The zero-order valence-electron chi connectivity index (χ0n) is 28.4. The highest BCUT2D eigenvalue weighted by atomic mass is 16.6. The number of hydrogen-bond acceptors (Lipinski definition) is 8. The van der Waals surface area contributed by atoms with Gasteiger partial charge in [0.1, 0.15) is 36.9 Å². The zero-order chi connectivity index (χ0) is 35.4. The van der Waals surface area contributed by atoms with E-state index in [0.29, 0.717) is 0 Å². The Morgan fingerprint density at radius 1 is 0.875 bits per heavy atom. The maximum Gasteiger partial charge on any atom is 0.408 e. The SMILES string of the molecule is C=CCOC(=O)[C@@H](NC(=O)C(Cc1cn(C)c2ccccc12)NC(=O)C(CC(=O)OC(C)(C)C)NC(=O)OCc1ccccc1)C(C)C. The van der Waals surface area contributed by atoms with Gasteiger partial charge in [-0.05, 0) is 43.9 Å². The molecule has 0 saturated heterocycles. The van der Waals surface area contributed by atoms with Crippen molar-refractivity contribution in [3.63, 3.8) is 0 Å². The number of benzene rings is 2. The van der Waals surface area contributed by atoms with Crippen molar-refractivity contribution in [2.45, 2.75) is 77.8 Å². The van der Waals surface area contributed by atoms with Gasteiger partial charge in [0.15, 0.2) is 0 Å². The van der Waals surface area contributed by atoms with Gasteiger partial charge in [-0.25, -0.2) is 9.59 Å². The minimum Gasteiger partial charge on any atom is -0.460 e. The van der Waals surface area contributed by atoms with Crippen molar-refractivity contribution in [2.24, 2.45) is 13.0 Å². The fraction of sp³-hybridized carbons (Fsp3) is 0.417. The van der Waals surface area contributed by atoms with Crippen molar-refractivity contribution in [1.29, 1.82) is 0 Å². The summed E-state index contributed by atoms with van der Waals surface area (Å²) in [7, 11) is 1.87. The Bertz CT molecular complexity index is 1590. The van der Waals surface area contributed by atoms with Crippen LogP contribution < -0.4 is 16.0 Å². The van der Waals surface area contributed by atoms with Gasteiger partial charge in [-0.3, -0.25) is 14.4 Å². The van der Waals surface area contributed by atoms with E-state index in [2.05, 4.69) is 22.5 Å². The van der Waals surface area contributed by atoms with Crippen LogP contribution in [0.4, 0.5) is 4.79 Å². The lowest BCUT2D eigenvalue weighted by atomic mass is 10.0. The number of nitrogens with one attached hydrogen (secondary N) is 3. The normalized spacial score (nSPS) is 13.1. The number of hydrogen-bond donors (Lipinski definition) is 3. The number of aryl methyl sites for hydroxylation is 1. The van der Waals surface area contributed by atoms with Crippen molar-refractivity contribution in [1.82, 2.24) is 20.5 Å². The second kappa shape index (κ2) is 17.1. The fourth-order valence-corrected chi connectivity index (χ4v) is 4.94. The molecule has 48 heavy (non-hydrogen) atoms.